The van der Waals surface area contributed by atoms with E-state index in [1.54, 1.807) is 10.8 Å². The Morgan fingerprint density at radius 3 is 2.28 bits per heavy atom. The van der Waals surface area contributed by atoms with Gasteiger partial charge in [0.25, 0.3) is 5.56 Å². The quantitative estimate of drug-likeness (QED) is 0.778. The van der Waals surface area contributed by atoms with E-state index < -0.39 is 0 Å². The van der Waals surface area contributed by atoms with Crippen molar-refractivity contribution in [2.75, 3.05) is 0 Å². The molecule has 0 aliphatic rings. The summed E-state index contributed by atoms with van der Waals surface area (Å²) in [5.74, 6) is 0. The van der Waals surface area contributed by atoms with Gasteiger partial charge in [0.1, 0.15) is 0 Å². The average molecular weight is 247 g/mol. The smallest absolute Gasteiger partial charge is 0.262 e. The summed E-state index contributed by atoms with van der Waals surface area (Å²) in [5, 5.41) is 7.64. The van der Waals surface area contributed by atoms with E-state index in [0.29, 0.717) is 5.39 Å². The number of H-pyrrole nitrogens is 1. The summed E-state index contributed by atoms with van der Waals surface area (Å²) >= 11 is 0. The van der Waals surface area contributed by atoms with Crippen molar-refractivity contribution in [2.45, 2.75) is 52.5 Å². The summed E-state index contributed by atoms with van der Waals surface area (Å²) in [7, 11) is 0. The molecule has 2 aromatic heterocycles. The van der Waals surface area contributed by atoms with E-state index in [4.69, 9.17) is 0 Å². The Labute approximate surface area is 107 Å². The van der Waals surface area contributed by atoms with E-state index >= 15 is 0 Å². The number of hydrogen-bond acceptors (Lipinski definition) is 2. The highest BCUT2D eigenvalue weighted by atomic mass is 16.1. The SMILES string of the molecule is CC(C)(C)c1cn(C(C)(C)C)c(=O)c2cn[nH]c12. The van der Waals surface area contributed by atoms with Crippen LogP contribution < -0.4 is 5.56 Å². The second-order valence-corrected chi connectivity index (χ2v) is 6.80. The number of aromatic nitrogens is 3. The molecule has 0 spiro atoms. The minimum Gasteiger partial charge on any atom is -0.309 e. The molecule has 0 radical (unpaired) electrons. The molecule has 0 fully saturated rings. The molecular formula is C14H21N3O. The fourth-order valence-electron chi connectivity index (χ4n) is 2.10. The fraction of sp³-hybridized carbons (Fsp3) is 0.571. The van der Waals surface area contributed by atoms with E-state index in [1.165, 1.54) is 0 Å². The molecule has 18 heavy (non-hydrogen) atoms. The van der Waals surface area contributed by atoms with Gasteiger partial charge < -0.3 is 4.57 Å². The molecule has 0 amide bonds. The van der Waals surface area contributed by atoms with Gasteiger partial charge in [0.15, 0.2) is 0 Å². The van der Waals surface area contributed by atoms with Crippen LogP contribution in [-0.4, -0.2) is 14.8 Å². The van der Waals surface area contributed by atoms with Crippen molar-refractivity contribution >= 4 is 10.9 Å². The van der Waals surface area contributed by atoms with Gasteiger partial charge in [-0.1, -0.05) is 20.8 Å². The third-order valence-electron chi connectivity index (χ3n) is 3.15. The van der Waals surface area contributed by atoms with E-state index in [1.807, 2.05) is 27.0 Å². The van der Waals surface area contributed by atoms with Crippen molar-refractivity contribution in [3.63, 3.8) is 0 Å². The van der Waals surface area contributed by atoms with Crippen molar-refractivity contribution in [2.24, 2.45) is 0 Å². The molecule has 0 aliphatic carbocycles. The van der Waals surface area contributed by atoms with Crippen molar-refractivity contribution < 1.29 is 0 Å². The standard InChI is InChI=1S/C14H21N3O/c1-13(2,3)10-8-17(14(4,5)6)12(18)9-7-15-16-11(9)10/h7-8H,1-6H3,(H,15,16). The van der Waals surface area contributed by atoms with Crippen LogP contribution in [0.2, 0.25) is 0 Å². The number of nitrogens with zero attached hydrogens (tertiary/aromatic N) is 2. The summed E-state index contributed by atoms with van der Waals surface area (Å²) in [6, 6.07) is 0. The number of hydrogen-bond donors (Lipinski definition) is 1. The number of nitrogens with one attached hydrogen (secondary N) is 1. The Balaban J connectivity index is 2.92. The molecule has 2 heterocycles. The molecule has 4 nitrogen and oxygen atoms in total. The first-order valence-electron chi connectivity index (χ1n) is 6.22. The van der Waals surface area contributed by atoms with Gasteiger partial charge in [-0.05, 0) is 31.7 Å². The largest absolute Gasteiger partial charge is 0.309 e. The highest BCUT2D eigenvalue weighted by Gasteiger charge is 2.24. The summed E-state index contributed by atoms with van der Waals surface area (Å²) in [6.07, 6.45) is 3.58. The van der Waals surface area contributed by atoms with Crippen LogP contribution in [-0.2, 0) is 11.0 Å². The van der Waals surface area contributed by atoms with E-state index in [-0.39, 0.29) is 16.5 Å². The first kappa shape index (κ1) is 12.9. The third kappa shape index (κ3) is 1.96. The maximum Gasteiger partial charge on any atom is 0.262 e. The molecule has 0 atom stereocenters. The Morgan fingerprint density at radius 2 is 1.78 bits per heavy atom. The van der Waals surface area contributed by atoms with Gasteiger partial charge in [-0.15, -0.1) is 0 Å². The molecule has 0 aliphatic heterocycles. The topological polar surface area (TPSA) is 50.7 Å². The molecule has 0 saturated heterocycles. The maximum absolute atomic E-state index is 12.4. The number of rotatable bonds is 0. The summed E-state index contributed by atoms with van der Waals surface area (Å²) < 4.78 is 1.80. The summed E-state index contributed by atoms with van der Waals surface area (Å²) in [5.41, 5.74) is 1.71. The number of pyridine rings is 1. The Bertz CT molecular complexity index is 636. The van der Waals surface area contributed by atoms with Gasteiger partial charge in [-0.2, -0.15) is 5.10 Å². The van der Waals surface area contributed by atoms with Crippen LogP contribution in [0.3, 0.4) is 0 Å². The lowest BCUT2D eigenvalue weighted by Crippen LogP contribution is -2.34. The third-order valence-corrected chi connectivity index (χ3v) is 3.15. The predicted octanol–water partition coefficient (Wildman–Crippen LogP) is 2.78. The molecule has 1 N–H and O–H groups in total. The zero-order valence-electron chi connectivity index (χ0n) is 12.0. The normalized spacial score (nSPS) is 13.2. The minimum absolute atomic E-state index is 0.0132. The van der Waals surface area contributed by atoms with Gasteiger partial charge in [0.05, 0.1) is 17.1 Å². The van der Waals surface area contributed by atoms with Crippen LogP contribution in [0, 0.1) is 0 Å². The Hall–Kier alpha value is -1.58. The summed E-state index contributed by atoms with van der Waals surface area (Å²) in [4.78, 5) is 12.4. The van der Waals surface area contributed by atoms with E-state index in [9.17, 15) is 4.79 Å². The van der Waals surface area contributed by atoms with Crippen LogP contribution in [0.4, 0.5) is 0 Å². The van der Waals surface area contributed by atoms with Crippen LogP contribution in [0.5, 0.6) is 0 Å². The van der Waals surface area contributed by atoms with Gasteiger partial charge >= 0.3 is 0 Å². The first-order valence-corrected chi connectivity index (χ1v) is 6.22. The minimum atomic E-state index is -0.234. The van der Waals surface area contributed by atoms with Crippen molar-refractivity contribution in [3.8, 4) is 0 Å². The van der Waals surface area contributed by atoms with Gasteiger partial charge in [0.2, 0.25) is 0 Å². The lowest BCUT2D eigenvalue weighted by molar-refractivity contribution is 0.382. The molecular weight excluding hydrogens is 226 g/mol. The maximum atomic E-state index is 12.4. The van der Waals surface area contributed by atoms with Crippen LogP contribution >= 0.6 is 0 Å². The Morgan fingerprint density at radius 1 is 1.17 bits per heavy atom. The van der Waals surface area contributed by atoms with Gasteiger partial charge in [0, 0.05) is 11.7 Å². The zero-order valence-corrected chi connectivity index (χ0v) is 12.0. The molecule has 2 aromatic rings. The van der Waals surface area contributed by atoms with Crippen LogP contribution in [0.25, 0.3) is 10.9 Å². The van der Waals surface area contributed by atoms with E-state index in [0.717, 1.165) is 11.1 Å². The molecule has 0 bridgehead atoms. The molecule has 0 saturated carbocycles. The van der Waals surface area contributed by atoms with Gasteiger partial charge in [-0.25, -0.2) is 0 Å². The molecule has 98 valence electrons. The van der Waals surface area contributed by atoms with E-state index in [2.05, 4.69) is 31.0 Å². The molecule has 2 rings (SSSR count). The Kier molecular flexibility index (Phi) is 2.65. The molecule has 0 aromatic carbocycles. The highest BCUT2D eigenvalue weighted by molar-refractivity contribution is 5.81. The number of fused-ring (bicyclic) bond motifs is 1. The number of aromatic amines is 1. The molecule has 0 unspecified atom stereocenters. The van der Waals surface area contributed by atoms with Crippen LogP contribution in [0.15, 0.2) is 17.2 Å². The van der Waals surface area contributed by atoms with Crippen LogP contribution in [0.1, 0.15) is 47.1 Å². The zero-order chi connectivity index (χ0) is 13.7. The first-order chi connectivity index (χ1) is 8.12. The van der Waals surface area contributed by atoms with Crippen molar-refractivity contribution in [1.82, 2.24) is 14.8 Å². The lowest BCUT2D eigenvalue weighted by atomic mass is 9.86. The second-order valence-electron chi connectivity index (χ2n) is 6.80. The second kappa shape index (κ2) is 3.70. The lowest BCUT2D eigenvalue weighted by Gasteiger charge is -2.27. The fourth-order valence-corrected chi connectivity index (χ4v) is 2.10. The average Bonchev–Trinajstić information content (AvgIpc) is 2.62. The summed E-state index contributed by atoms with van der Waals surface area (Å²) in [6.45, 7) is 12.5. The molecule has 4 heteroatoms. The monoisotopic (exact) mass is 247 g/mol. The highest BCUT2D eigenvalue weighted by Crippen LogP contribution is 2.28. The van der Waals surface area contributed by atoms with Crippen molar-refractivity contribution in [3.05, 3.63) is 28.3 Å². The van der Waals surface area contributed by atoms with Crippen molar-refractivity contribution in [1.29, 1.82) is 0 Å². The predicted molar refractivity (Wildman–Crippen MR) is 74.0 cm³/mol. The van der Waals surface area contributed by atoms with Gasteiger partial charge in [-0.3, -0.25) is 9.89 Å².